The molecule has 3 N–H and O–H groups in total. The van der Waals surface area contributed by atoms with E-state index in [2.05, 4.69) is 5.32 Å². The van der Waals surface area contributed by atoms with Gasteiger partial charge in [0.15, 0.2) is 0 Å². The van der Waals surface area contributed by atoms with Crippen molar-refractivity contribution in [3.8, 4) is 0 Å². The summed E-state index contributed by atoms with van der Waals surface area (Å²) in [6.07, 6.45) is 0. The van der Waals surface area contributed by atoms with Gasteiger partial charge in [-0.05, 0) is 23.6 Å². The largest absolute Gasteiger partial charge is 0.321 e. The number of benzene rings is 1. The lowest BCUT2D eigenvalue weighted by molar-refractivity contribution is 0.102. The quantitative estimate of drug-likeness (QED) is 0.897. The van der Waals surface area contributed by atoms with Crippen molar-refractivity contribution in [3.05, 3.63) is 46.7 Å². The second-order valence-corrected chi connectivity index (χ2v) is 5.82. The number of amides is 1. The molecule has 0 aliphatic carbocycles. The van der Waals surface area contributed by atoms with Crippen molar-refractivity contribution in [1.82, 2.24) is 0 Å². The Morgan fingerprint density at radius 3 is 2.56 bits per heavy atom. The van der Waals surface area contributed by atoms with Crippen LogP contribution >= 0.6 is 11.3 Å². The maximum absolute atomic E-state index is 11.8. The van der Waals surface area contributed by atoms with Gasteiger partial charge in [-0.2, -0.15) is 11.3 Å². The summed E-state index contributed by atoms with van der Waals surface area (Å²) in [4.78, 5) is 11.7. The number of thiophene rings is 1. The molecule has 7 heteroatoms. The number of hydrogen-bond donors (Lipinski definition) is 2. The molecule has 0 saturated carbocycles. The molecular formula is C11H10N2O3S2. The number of nitrogens with two attached hydrogens (primary N) is 1. The molecule has 0 bridgehead atoms. The van der Waals surface area contributed by atoms with E-state index in [9.17, 15) is 13.2 Å². The molecule has 0 spiro atoms. The van der Waals surface area contributed by atoms with E-state index in [1.54, 1.807) is 29.0 Å². The van der Waals surface area contributed by atoms with Crippen LogP contribution in [0, 0.1) is 0 Å². The summed E-state index contributed by atoms with van der Waals surface area (Å²) in [5.74, 6) is -0.368. The number of carbonyl (C=O) groups excluding carboxylic acids is 1. The lowest BCUT2D eigenvalue weighted by Gasteiger charge is -2.08. The van der Waals surface area contributed by atoms with Crippen LogP contribution in [0.15, 0.2) is 46.0 Å². The second-order valence-electron chi connectivity index (χ2n) is 3.51. The first kappa shape index (κ1) is 12.7. The highest BCUT2D eigenvalue weighted by Gasteiger charge is 2.15. The molecule has 2 rings (SSSR count). The van der Waals surface area contributed by atoms with E-state index in [1.165, 1.54) is 23.5 Å². The highest BCUT2D eigenvalue weighted by molar-refractivity contribution is 7.89. The number of para-hydroxylation sites is 1. The molecule has 0 atom stereocenters. The van der Waals surface area contributed by atoms with Crippen molar-refractivity contribution in [2.24, 2.45) is 5.14 Å². The smallest absolute Gasteiger partial charge is 0.256 e. The maximum atomic E-state index is 11.8. The van der Waals surface area contributed by atoms with Gasteiger partial charge >= 0.3 is 0 Å². The zero-order valence-electron chi connectivity index (χ0n) is 9.16. The van der Waals surface area contributed by atoms with E-state index in [1.807, 2.05) is 0 Å². The molecule has 1 aromatic carbocycles. The molecule has 2 aromatic rings. The van der Waals surface area contributed by atoms with Crippen LogP contribution < -0.4 is 10.5 Å². The van der Waals surface area contributed by atoms with E-state index >= 15 is 0 Å². The van der Waals surface area contributed by atoms with E-state index in [-0.39, 0.29) is 16.5 Å². The van der Waals surface area contributed by atoms with Crippen molar-refractivity contribution in [2.75, 3.05) is 5.32 Å². The molecule has 0 unspecified atom stereocenters. The van der Waals surface area contributed by atoms with E-state index < -0.39 is 10.0 Å². The number of primary sulfonamides is 1. The highest BCUT2D eigenvalue weighted by Crippen LogP contribution is 2.20. The zero-order chi connectivity index (χ0) is 13.2. The van der Waals surface area contributed by atoms with E-state index in [0.29, 0.717) is 5.56 Å². The van der Waals surface area contributed by atoms with Crippen LogP contribution in [0.2, 0.25) is 0 Å². The molecule has 18 heavy (non-hydrogen) atoms. The van der Waals surface area contributed by atoms with Gasteiger partial charge in [-0.15, -0.1) is 0 Å². The fourth-order valence-corrected chi connectivity index (χ4v) is 2.74. The van der Waals surface area contributed by atoms with Gasteiger partial charge < -0.3 is 5.32 Å². The maximum Gasteiger partial charge on any atom is 0.256 e. The highest BCUT2D eigenvalue weighted by atomic mass is 32.2. The summed E-state index contributed by atoms with van der Waals surface area (Å²) < 4.78 is 22.7. The Hall–Kier alpha value is -1.70. The van der Waals surface area contributed by atoms with Gasteiger partial charge in [-0.1, -0.05) is 12.1 Å². The standard InChI is InChI=1S/C11H10N2O3S2/c12-18(15,16)10-4-2-1-3-9(10)13-11(14)8-5-6-17-7-8/h1-7H,(H,13,14)(H2,12,15,16). The summed E-state index contributed by atoms with van der Waals surface area (Å²) in [7, 11) is -3.86. The summed E-state index contributed by atoms with van der Waals surface area (Å²) >= 11 is 1.38. The number of rotatable bonds is 3. The molecule has 0 fully saturated rings. The first-order valence-corrected chi connectivity index (χ1v) is 7.43. The predicted molar refractivity (Wildman–Crippen MR) is 70.1 cm³/mol. The van der Waals surface area contributed by atoms with Crippen LogP contribution in [0.5, 0.6) is 0 Å². The first-order chi connectivity index (χ1) is 8.48. The SMILES string of the molecule is NS(=O)(=O)c1ccccc1NC(=O)c1ccsc1. The molecule has 94 valence electrons. The second kappa shape index (κ2) is 4.89. The monoisotopic (exact) mass is 282 g/mol. The Kier molecular flexibility index (Phi) is 3.46. The van der Waals surface area contributed by atoms with Crippen molar-refractivity contribution < 1.29 is 13.2 Å². The predicted octanol–water partition coefficient (Wildman–Crippen LogP) is 1.65. The molecule has 1 heterocycles. The number of anilines is 1. The summed E-state index contributed by atoms with van der Waals surface area (Å²) in [5.41, 5.74) is 0.653. The van der Waals surface area contributed by atoms with Crippen molar-refractivity contribution in [1.29, 1.82) is 0 Å². The fourth-order valence-electron chi connectivity index (χ4n) is 1.41. The minimum Gasteiger partial charge on any atom is -0.321 e. The Balaban J connectivity index is 2.33. The van der Waals surface area contributed by atoms with Crippen molar-refractivity contribution >= 4 is 33.0 Å². The Bertz CT molecular complexity index is 663. The van der Waals surface area contributed by atoms with Gasteiger partial charge in [0.1, 0.15) is 4.90 Å². The van der Waals surface area contributed by atoms with Crippen molar-refractivity contribution in [3.63, 3.8) is 0 Å². The zero-order valence-corrected chi connectivity index (χ0v) is 10.8. The number of sulfonamides is 1. The van der Waals surface area contributed by atoms with Gasteiger partial charge in [0.25, 0.3) is 5.91 Å². The van der Waals surface area contributed by atoms with E-state index in [4.69, 9.17) is 5.14 Å². The van der Waals surface area contributed by atoms with Gasteiger partial charge in [0, 0.05) is 5.38 Å². The minimum absolute atomic E-state index is 0.103. The lowest BCUT2D eigenvalue weighted by atomic mass is 10.3. The molecule has 0 saturated heterocycles. The van der Waals surface area contributed by atoms with E-state index in [0.717, 1.165) is 0 Å². The normalized spacial score (nSPS) is 11.2. The molecule has 0 aliphatic heterocycles. The summed E-state index contributed by atoms with van der Waals surface area (Å²) in [5, 5.41) is 11.0. The topological polar surface area (TPSA) is 89.3 Å². The van der Waals surface area contributed by atoms with Crippen LogP contribution in [-0.4, -0.2) is 14.3 Å². The first-order valence-electron chi connectivity index (χ1n) is 4.94. The van der Waals surface area contributed by atoms with Gasteiger partial charge in [-0.25, -0.2) is 13.6 Å². The van der Waals surface area contributed by atoms with Crippen LogP contribution in [0.1, 0.15) is 10.4 Å². The van der Waals surface area contributed by atoms with Crippen molar-refractivity contribution in [2.45, 2.75) is 4.90 Å². The van der Waals surface area contributed by atoms with Gasteiger partial charge in [-0.3, -0.25) is 4.79 Å². The number of nitrogens with one attached hydrogen (secondary N) is 1. The number of carbonyl (C=O) groups is 1. The third-order valence-electron chi connectivity index (χ3n) is 2.23. The number of hydrogen-bond acceptors (Lipinski definition) is 4. The van der Waals surface area contributed by atoms with Crippen LogP contribution in [0.25, 0.3) is 0 Å². The van der Waals surface area contributed by atoms with Crippen LogP contribution in [0.4, 0.5) is 5.69 Å². The molecular weight excluding hydrogens is 272 g/mol. The fraction of sp³-hybridized carbons (Fsp3) is 0. The molecule has 5 nitrogen and oxygen atoms in total. The minimum atomic E-state index is -3.86. The third kappa shape index (κ3) is 2.76. The average molecular weight is 282 g/mol. The molecule has 0 radical (unpaired) electrons. The lowest BCUT2D eigenvalue weighted by Crippen LogP contribution is -2.18. The van der Waals surface area contributed by atoms with Crippen LogP contribution in [0.3, 0.4) is 0 Å². The van der Waals surface area contributed by atoms with Crippen LogP contribution in [-0.2, 0) is 10.0 Å². The Labute approximate surface area is 108 Å². The summed E-state index contributed by atoms with van der Waals surface area (Å²) in [6.45, 7) is 0. The van der Waals surface area contributed by atoms with Gasteiger partial charge in [0.05, 0.1) is 11.3 Å². The Morgan fingerprint density at radius 2 is 1.94 bits per heavy atom. The Morgan fingerprint density at radius 1 is 1.22 bits per heavy atom. The molecule has 0 aliphatic rings. The summed E-state index contributed by atoms with van der Waals surface area (Å²) in [6, 6.07) is 7.65. The molecule has 1 aromatic heterocycles. The molecule has 1 amide bonds. The average Bonchev–Trinajstić information content (AvgIpc) is 2.81. The van der Waals surface area contributed by atoms with Gasteiger partial charge in [0.2, 0.25) is 10.0 Å². The third-order valence-corrected chi connectivity index (χ3v) is 3.88.